The lowest BCUT2D eigenvalue weighted by Crippen LogP contribution is -2.15. The molecule has 0 aliphatic carbocycles. The number of carboxylic acids is 1. The van der Waals surface area contributed by atoms with E-state index in [1.807, 2.05) is 6.92 Å². The molecule has 1 heterocycles. The van der Waals surface area contributed by atoms with Crippen LogP contribution in [0, 0.1) is 5.82 Å². The lowest BCUT2D eigenvalue weighted by Gasteiger charge is -2.04. The Kier molecular flexibility index (Phi) is 3.93. The van der Waals surface area contributed by atoms with Crippen molar-refractivity contribution in [1.29, 1.82) is 0 Å². The first-order chi connectivity index (χ1) is 9.51. The van der Waals surface area contributed by atoms with Crippen LogP contribution in [0.4, 0.5) is 4.39 Å². The van der Waals surface area contributed by atoms with Crippen molar-refractivity contribution >= 4 is 5.97 Å². The monoisotopic (exact) mass is 276 g/mol. The van der Waals surface area contributed by atoms with Crippen molar-refractivity contribution in [3.05, 3.63) is 62.8 Å². The van der Waals surface area contributed by atoms with Gasteiger partial charge in [-0.25, -0.2) is 14.3 Å². The van der Waals surface area contributed by atoms with Crippen LogP contribution in [0.3, 0.4) is 0 Å². The lowest BCUT2D eigenvalue weighted by atomic mass is 10.0. The van der Waals surface area contributed by atoms with E-state index in [0.29, 0.717) is 29.7 Å². The highest BCUT2D eigenvalue weighted by atomic mass is 19.1. The van der Waals surface area contributed by atoms with Gasteiger partial charge in [0.1, 0.15) is 5.82 Å². The molecule has 0 amide bonds. The molecular formula is C14H13FN2O3. The Morgan fingerprint density at radius 1 is 1.40 bits per heavy atom. The largest absolute Gasteiger partial charge is 0.478 e. The van der Waals surface area contributed by atoms with E-state index in [1.165, 1.54) is 12.1 Å². The molecule has 0 atom stereocenters. The molecular weight excluding hydrogens is 263 g/mol. The van der Waals surface area contributed by atoms with Crippen LogP contribution in [-0.2, 0) is 12.8 Å². The highest BCUT2D eigenvalue weighted by Crippen LogP contribution is 2.13. The number of halogens is 1. The molecule has 0 spiro atoms. The molecule has 0 bridgehead atoms. The number of aryl methyl sites for hydroxylation is 1. The second kappa shape index (κ2) is 5.64. The summed E-state index contributed by atoms with van der Waals surface area (Å²) in [4.78, 5) is 22.3. The van der Waals surface area contributed by atoms with Crippen molar-refractivity contribution in [1.82, 2.24) is 10.2 Å². The van der Waals surface area contributed by atoms with Crippen LogP contribution in [0.15, 0.2) is 29.1 Å². The van der Waals surface area contributed by atoms with Gasteiger partial charge in [0.05, 0.1) is 11.3 Å². The Morgan fingerprint density at radius 2 is 2.15 bits per heavy atom. The number of aromatic nitrogens is 2. The number of benzene rings is 1. The van der Waals surface area contributed by atoms with Gasteiger partial charge in [-0.3, -0.25) is 4.79 Å². The zero-order chi connectivity index (χ0) is 14.7. The fraction of sp³-hybridized carbons (Fsp3) is 0.214. The zero-order valence-electron chi connectivity index (χ0n) is 10.8. The summed E-state index contributed by atoms with van der Waals surface area (Å²) in [6.45, 7) is 1.86. The topological polar surface area (TPSA) is 83.0 Å². The highest BCUT2D eigenvalue weighted by molar-refractivity contribution is 5.88. The van der Waals surface area contributed by atoms with Gasteiger partial charge < -0.3 is 5.11 Å². The van der Waals surface area contributed by atoms with Crippen LogP contribution >= 0.6 is 0 Å². The molecule has 20 heavy (non-hydrogen) atoms. The molecule has 0 radical (unpaired) electrons. The van der Waals surface area contributed by atoms with Crippen LogP contribution in [-0.4, -0.2) is 21.3 Å². The molecule has 5 nitrogen and oxygen atoms in total. The molecule has 0 saturated heterocycles. The summed E-state index contributed by atoms with van der Waals surface area (Å²) < 4.78 is 13.3. The van der Waals surface area contributed by atoms with E-state index in [4.69, 9.17) is 5.11 Å². The van der Waals surface area contributed by atoms with E-state index in [1.54, 1.807) is 6.07 Å². The van der Waals surface area contributed by atoms with E-state index < -0.39 is 11.8 Å². The lowest BCUT2D eigenvalue weighted by molar-refractivity contribution is 0.0691. The number of aromatic carboxylic acids is 1. The maximum absolute atomic E-state index is 13.3. The minimum Gasteiger partial charge on any atom is -0.478 e. The number of aromatic amines is 1. The summed E-state index contributed by atoms with van der Waals surface area (Å²) >= 11 is 0. The van der Waals surface area contributed by atoms with Crippen molar-refractivity contribution in [2.75, 3.05) is 0 Å². The molecule has 0 aliphatic heterocycles. The molecule has 104 valence electrons. The van der Waals surface area contributed by atoms with Crippen molar-refractivity contribution in [3.63, 3.8) is 0 Å². The normalized spacial score (nSPS) is 10.5. The van der Waals surface area contributed by atoms with Crippen molar-refractivity contribution < 1.29 is 14.3 Å². The molecule has 1 aromatic carbocycles. The molecule has 0 saturated carbocycles. The fourth-order valence-electron chi connectivity index (χ4n) is 1.90. The molecule has 0 aliphatic rings. The predicted molar refractivity (Wildman–Crippen MR) is 70.4 cm³/mol. The minimum absolute atomic E-state index is 0.235. The third-order valence-electron chi connectivity index (χ3n) is 2.96. The van der Waals surface area contributed by atoms with Gasteiger partial charge in [-0.2, -0.15) is 5.10 Å². The number of nitrogens with zero attached hydrogens (tertiary/aromatic N) is 1. The zero-order valence-corrected chi connectivity index (χ0v) is 10.8. The van der Waals surface area contributed by atoms with E-state index in [0.717, 1.165) is 6.07 Å². The third kappa shape index (κ3) is 2.90. The fourth-order valence-corrected chi connectivity index (χ4v) is 1.90. The first-order valence-electron chi connectivity index (χ1n) is 6.10. The van der Waals surface area contributed by atoms with Crippen molar-refractivity contribution in [2.24, 2.45) is 0 Å². The van der Waals surface area contributed by atoms with Crippen LogP contribution in [0.25, 0.3) is 0 Å². The molecule has 2 aromatic rings. The van der Waals surface area contributed by atoms with E-state index >= 15 is 0 Å². The summed E-state index contributed by atoms with van der Waals surface area (Å²) in [6.07, 6.45) is 0.902. The van der Waals surface area contributed by atoms with Gasteiger partial charge >= 0.3 is 5.97 Å². The quantitative estimate of drug-likeness (QED) is 0.891. The van der Waals surface area contributed by atoms with Gasteiger partial charge in [-0.05, 0) is 30.2 Å². The van der Waals surface area contributed by atoms with Crippen LogP contribution in [0.5, 0.6) is 0 Å². The predicted octanol–water partition coefficient (Wildman–Crippen LogP) is 1.76. The summed E-state index contributed by atoms with van der Waals surface area (Å²) in [7, 11) is 0. The third-order valence-corrected chi connectivity index (χ3v) is 2.96. The SMILES string of the molecule is CCc1cc(Cc2ccc(F)c(C(=O)O)c2)n[nH]c1=O. The molecule has 0 fully saturated rings. The number of carboxylic acid groups (broad SMARTS) is 1. The average Bonchev–Trinajstić information content (AvgIpc) is 2.42. The van der Waals surface area contributed by atoms with Gasteiger partial charge in [0.2, 0.25) is 0 Å². The number of hydrogen-bond donors (Lipinski definition) is 2. The van der Waals surface area contributed by atoms with E-state index in [-0.39, 0.29) is 11.1 Å². The van der Waals surface area contributed by atoms with Crippen LogP contribution < -0.4 is 5.56 Å². The summed E-state index contributed by atoms with van der Waals surface area (Å²) in [5.41, 5.74) is 1.22. The maximum Gasteiger partial charge on any atom is 0.338 e. The Bertz CT molecular complexity index is 710. The Balaban J connectivity index is 2.33. The molecule has 2 N–H and O–H groups in total. The number of H-pyrrole nitrogens is 1. The van der Waals surface area contributed by atoms with E-state index in [2.05, 4.69) is 10.2 Å². The van der Waals surface area contributed by atoms with Gasteiger partial charge in [0, 0.05) is 12.0 Å². The van der Waals surface area contributed by atoms with Gasteiger partial charge in [0.15, 0.2) is 0 Å². The first-order valence-corrected chi connectivity index (χ1v) is 6.10. The molecule has 0 unspecified atom stereocenters. The summed E-state index contributed by atoms with van der Waals surface area (Å²) in [6, 6.07) is 5.56. The minimum atomic E-state index is -1.31. The molecule has 2 rings (SSSR count). The van der Waals surface area contributed by atoms with Gasteiger partial charge in [-0.15, -0.1) is 0 Å². The number of rotatable bonds is 4. The summed E-state index contributed by atoms with van der Waals surface area (Å²) in [5, 5.41) is 15.2. The van der Waals surface area contributed by atoms with Crippen molar-refractivity contribution in [2.45, 2.75) is 19.8 Å². The average molecular weight is 276 g/mol. The summed E-state index contributed by atoms with van der Waals surface area (Å²) in [5.74, 6) is -2.09. The number of carbonyl (C=O) groups is 1. The van der Waals surface area contributed by atoms with Crippen molar-refractivity contribution in [3.8, 4) is 0 Å². The smallest absolute Gasteiger partial charge is 0.338 e. The molecule has 6 heteroatoms. The Morgan fingerprint density at radius 3 is 2.80 bits per heavy atom. The molecule has 1 aromatic heterocycles. The van der Waals surface area contributed by atoms with Gasteiger partial charge in [-0.1, -0.05) is 13.0 Å². The Labute approximate surface area is 114 Å². The Hall–Kier alpha value is -2.50. The van der Waals surface area contributed by atoms with E-state index in [9.17, 15) is 14.0 Å². The number of nitrogens with one attached hydrogen (secondary N) is 1. The standard InChI is InChI=1S/C14H13FN2O3/c1-2-9-7-10(16-17-13(9)18)5-8-3-4-12(15)11(6-8)14(19)20/h3-4,6-7H,2,5H2,1H3,(H,17,18)(H,19,20). The second-order valence-corrected chi connectivity index (χ2v) is 4.36. The van der Waals surface area contributed by atoms with Gasteiger partial charge in [0.25, 0.3) is 5.56 Å². The maximum atomic E-state index is 13.3. The first kappa shape index (κ1) is 13.9. The second-order valence-electron chi connectivity index (χ2n) is 4.36. The van der Waals surface area contributed by atoms with Crippen LogP contribution in [0.2, 0.25) is 0 Å². The van der Waals surface area contributed by atoms with Crippen LogP contribution in [0.1, 0.15) is 34.1 Å². The highest BCUT2D eigenvalue weighted by Gasteiger charge is 2.11. The number of hydrogen-bond acceptors (Lipinski definition) is 3.